The fourth-order valence-electron chi connectivity index (χ4n) is 3.31. The maximum Gasteiger partial charge on any atom is 0.266 e. The molecule has 0 aliphatic carbocycles. The highest BCUT2D eigenvalue weighted by Gasteiger charge is 2.34. The highest BCUT2D eigenvalue weighted by molar-refractivity contribution is 9.10. The smallest absolute Gasteiger partial charge is 0.266 e. The number of nitrogens with zero attached hydrogens (tertiary/aromatic N) is 2. The number of amides is 1. The Labute approximate surface area is 162 Å². The van der Waals surface area contributed by atoms with E-state index in [4.69, 9.17) is 0 Å². The van der Waals surface area contributed by atoms with Crippen LogP contribution < -0.4 is 9.21 Å². The summed E-state index contributed by atoms with van der Waals surface area (Å²) in [6.07, 6.45) is 0.992. The van der Waals surface area contributed by atoms with E-state index in [0.717, 1.165) is 5.56 Å². The highest BCUT2D eigenvalue weighted by Crippen LogP contribution is 2.39. The summed E-state index contributed by atoms with van der Waals surface area (Å²) in [7, 11) is -3.82. The topological polar surface area (TPSA) is 57.7 Å². The number of hydrogen-bond acceptors (Lipinski definition) is 3. The molecule has 0 fully saturated rings. The second-order valence-electron chi connectivity index (χ2n) is 6.07. The Morgan fingerprint density at radius 2 is 1.88 bits per heavy atom. The summed E-state index contributed by atoms with van der Waals surface area (Å²) in [4.78, 5) is 14.1. The first kappa shape index (κ1) is 18.9. The van der Waals surface area contributed by atoms with Crippen LogP contribution in [0.2, 0.25) is 0 Å². The Morgan fingerprint density at radius 3 is 2.50 bits per heavy atom. The van der Waals surface area contributed by atoms with Gasteiger partial charge in [-0.05, 0) is 43.2 Å². The van der Waals surface area contributed by atoms with E-state index in [0.29, 0.717) is 41.8 Å². The maximum atomic E-state index is 13.5. The van der Waals surface area contributed by atoms with Gasteiger partial charge in [0.1, 0.15) is 4.90 Å². The number of fused-ring (bicyclic) bond motifs is 1. The van der Waals surface area contributed by atoms with E-state index in [2.05, 4.69) is 15.9 Å². The highest BCUT2D eigenvalue weighted by atomic mass is 79.9. The zero-order chi connectivity index (χ0) is 18.9. The number of benzene rings is 2. The quantitative estimate of drug-likeness (QED) is 0.712. The van der Waals surface area contributed by atoms with Gasteiger partial charge >= 0.3 is 0 Å². The standard InChI is InChI=1S/C19H21BrN2O3S/c1-3-18(23)21-11-10-14-12-15(20)13-17(19(14)21)26(24,25)22(4-2)16-8-6-5-7-9-16/h5-9,12-13H,3-4,10-11H2,1-2H3. The van der Waals surface area contributed by atoms with Gasteiger partial charge in [0.05, 0.1) is 11.4 Å². The van der Waals surface area contributed by atoms with Crippen LogP contribution in [0.3, 0.4) is 0 Å². The molecule has 1 heterocycles. The molecule has 1 aliphatic rings. The summed E-state index contributed by atoms with van der Waals surface area (Å²) in [5.41, 5.74) is 2.01. The van der Waals surface area contributed by atoms with Gasteiger partial charge in [0.25, 0.3) is 10.0 Å². The largest absolute Gasteiger partial charge is 0.310 e. The Morgan fingerprint density at radius 1 is 1.19 bits per heavy atom. The number of anilines is 2. The van der Waals surface area contributed by atoms with Crippen molar-refractivity contribution in [2.75, 3.05) is 22.3 Å². The summed E-state index contributed by atoms with van der Waals surface area (Å²) in [6, 6.07) is 12.5. The third kappa shape index (κ3) is 3.25. The normalized spacial score (nSPS) is 13.6. The van der Waals surface area contributed by atoms with Gasteiger partial charge in [0.2, 0.25) is 5.91 Å². The van der Waals surface area contributed by atoms with Gasteiger partial charge in [0.15, 0.2) is 0 Å². The molecule has 7 heteroatoms. The molecule has 0 atom stereocenters. The van der Waals surface area contributed by atoms with Crippen molar-refractivity contribution in [3.05, 3.63) is 52.5 Å². The van der Waals surface area contributed by atoms with E-state index in [1.807, 2.05) is 24.3 Å². The summed E-state index contributed by atoms with van der Waals surface area (Å²) in [5.74, 6) is -0.0646. The number of carbonyl (C=O) groups is 1. The van der Waals surface area contributed by atoms with Crippen LogP contribution in [0, 0.1) is 0 Å². The molecule has 5 nitrogen and oxygen atoms in total. The fraction of sp³-hybridized carbons (Fsp3) is 0.316. The molecule has 2 aromatic rings. The van der Waals surface area contributed by atoms with Gasteiger partial charge < -0.3 is 4.90 Å². The molecule has 1 amide bonds. The monoisotopic (exact) mass is 436 g/mol. The Hall–Kier alpha value is -1.86. The number of sulfonamides is 1. The third-order valence-electron chi connectivity index (χ3n) is 4.50. The molecule has 0 saturated carbocycles. The Balaban J connectivity index is 2.18. The predicted molar refractivity (Wildman–Crippen MR) is 107 cm³/mol. The number of rotatable bonds is 5. The summed E-state index contributed by atoms with van der Waals surface area (Å²) in [5, 5.41) is 0. The van der Waals surface area contributed by atoms with E-state index in [9.17, 15) is 13.2 Å². The van der Waals surface area contributed by atoms with Gasteiger partial charge in [-0.15, -0.1) is 0 Å². The second-order valence-corrected chi connectivity index (χ2v) is 8.81. The van der Waals surface area contributed by atoms with Gasteiger partial charge in [-0.2, -0.15) is 0 Å². The summed E-state index contributed by atoms with van der Waals surface area (Å²) in [6.45, 7) is 4.40. The van der Waals surface area contributed by atoms with Crippen LogP contribution in [0.25, 0.3) is 0 Å². The van der Waals surface area contributed by atoms with E-state index in [-0.39, 0.29) is 10.8 Å². The van der Waals surface area contributed by atoms with Crippen LogP contribution in [0.4, 0.5) is 11.4 Å². The first-order valence-electron chi connectivity index (χ1n) is 8.60. The minimum atomic E-state index is -3.82. The maximum absolute atomic E-state index is 13.5. The van der Waals surface area contributed by atoms with Crippen LogP contribution in [-0.2, 0) is 21.2 Å². The van der Waals surface area contributed by atoms with Crippen molar-refractivity contribution in [3.63, 3.8) is 0 Å². The number of carbonyl (C=O) groups excluding carboxylic acids is 1. The minimum Gasteiger partial charge on any atom is -0.310 e. The second kappa shape index (κ2) is 7.40. The predicted octanol–water partition coefficient (Wildman–Crippen LogP) is 3.96. The number of hydrogen-bond donors (Lipinski definition) is 0. The summed E-state index contributed by atoms with van der Waals surface area (Å²) < 4.78 is 29.1. The molecule has 0 aromatic heterocycles. The molecule has 2 aromatic carbocycles. The Kier molecular flexibility index (Phi) is 5.39. The summed E-state index contributed by atoms with van der Waals surface area (Å²) >= 11 is 3.42. The molecule has 26 heavy (non-hydrogen) atoms. The van der Waals surface area contributed by atoms with Gasteiger partial charge in [0, 0.05) is 24.0 Å². The SMILES string of the molecule is CCC(=O)N1CCc2cc(Br)cc(S(=O)(=O)N(CC)c3ccccc3)c21. The van der Waals surface area contributed by atoms with E-state index in [1.54, 1.807) is 36.9 Å². The van der Waals surface area contributed by atoms with Crippen molar-refractivity contribution in [1.29, 1.82) is 0 Å². The lowest BCUT2D eigenvalue weighted by Crippen LogP contribution is -2.34. The molecular formula is C19H21BrN2O3S. The van der Waals surface area contributed by atoms with E-state index in [1.165, 1.54) is 4.31 Å². The Bertz CT molecular complexity index is 929. The first-order chi connectivity index (χ1) is 12.4. The van der Waals surface area contributed by atoms with E-state index < -0.39 is 10.0 Å². The van der Waals surface area contributed by atoms with Crippen LogP contribution >= 0.6 is 15.9 Å². The molecule has 1 aliphatic heterocycles. The zero-order valence-electron chi connectivity index (χ0n) is 14.8. The molecule has 0 radical (unpaired) electrons. The average molecular weight is 437 g/mol. The van der Waals surface area contributed by atoms with Gasteiger partial charge in [-0.3, -0.25) is 9.10 Å². The third-order valence-corrected chi connectivity index (χ3v) is 6.87. The molecule has 0 saturated heterocycles. The van der Waals surface area contributed by atoms with Crippen molar-refractivity contribution in [2.24, 2.45) is 0 Å². The van der Waals surface area contributed by atoms with Crippen LogP contribution in [0.15, 0.2) is 51.8 Å². The molecule has 138 valence electrons. The number of halogens is 1. The molecule has 0 unspecified atom stereocenters. The average Bonchev–Trinajstić information content (AvgIpc) is 3.05. The lowest BCUT2D eigenvalue weighted by atomic mass is 10.2. The minimum absolute atomic E-state index is 0.0646. The first-order valence-corrected chi connectivity index (χ1v) is 10.8. The van der Waals surface area contributed by atoms with Crippen LogP contribution in [-0.4, -0.2) is 27.4 Å². The molecule has 0 bridgehead atoms. The lowest BCUT2D eigenvalue weighted by molar-refractivity contribution is -0.118. The fourth-order valence-corrected chi connectivity index (χ4v) is 5.71. The molecule has 0 N–H and O–H groups in total. The van der Waals surface area contributed by atoms with Crippen molar-refractivity contribution in [3.8, 4) is 0 Å². The van der Waals surface area contributed by atoms with Crippen molar-refractivity contribution in [1.82, 2.24) is 0 Å². The van der Waals surface area contributed by atoms with Crippen molar-refractivity contribution < 1.29 is 13.2 Å². The molecule has 0 spiro atoms. The number of para-hydroxylation sites is 1. The van der Waals surface area contributed by atoms with Crippen molar-refractivity contribution in [2.45, 2.75) is 31.6 Å². The lowest BCUT2D eigenvalue weighted by Gasteiger charge is -2.26. The van der Waals surface area contributed by atoms with Crippen molar-refractivity contribution >= 4 is 43.2 Å². The molecular weight excluding hydrogens is 416 g/mol. The van der Waals surface area contributed by atoms with E-state index >= 15 is 0 Å². The van der Waals surface area contributed by atoms with Crippen LogP contribution in [0.5, 0.6) is 0 Å². The van der Waals surface area contributed by atoms with Gasteiger partial charge in [-0.25, -0.2) is 8.42 Å². The molecule has 3 rings (SSSR count). The zero-order valence-corrected chi connectivity index (χ0v) is 17.2. The van der Waals surface area contributed by atoms with Gasteiger partial charge in [-0.1, -0.05) is 41.1 Å². The van der Waals surface area contributed by atoms with Crippen LogP contribution in [0.1, 0.15) is 25.8 Å².